The van der Waals surface area contributed by atoms with Gasteiger partial charge in [-0.2, -0.15) is 0 Å². The van der Waals surface area contributed by atoms with Crippen molar-refractivity contribution in [2.45, 2.75) is 26.2 Å². The summed E-state index contributed by atoms with van der Waals surface area (Å²) in [5, 5.41) is 0. The van der Waals surface area contributed by atoms with Crippen LogP contribution in [0.25, 0.3) is 5.57 Å². The van der Waals surface area contributed by atoms with E-state index in [0.29, 0.717) is 22.8 Å². The van der Waals surface area contributed by atoms with Crippen molar-refractivity contribution >= 4 is 28.7 Å². The van der Waals surface area contributed by atoms with Gasteiger partial charge in [-0.15, -0.1) is 11.3 Å². The highest BCUT2D eigenvalue weighted by molar-refractivity contribution is 7.16. The average Bonchev–Trinajstić information content (AvgIpc) is 3.06. The van der Waals surface area contributed by atoms with Crippen molar-refractivity contribution in [1.82, 2.24) is 4.90 Å². The van der Waals surface area contributed by atoms with E-state index in [-0.39, 0.29) is 11.8 Å². The third-order valence-corrected chi connectivity index (χ3v) is 6.47. The Kier molecular flexibility index (Phi) is 4.98. The van der Waals surface area contributed by atoms with Crippen molar-refractivity contribution < 1.29 is 14.3 Å². The Morgan fingerprint density at radius 1 is 1.19 bits per heavy atom. The van der Waals surface area contributed by atoms with Crippen molar-refractivity contribution in [3.8, 4) is 0 Å². The number of likely N-dealkylation sites (tertiary alicyclic amines) is 1. The lowest BCUT2D eigenvalue weighted by Gasteiger charge is -2.27. The number of hydrogen-bond acceptors (Lipinski definition) is 5. The molecule has 27 heavy (non-hydrogen) atoms. The van der Waals surface area contributed by atoms with E-state index in [1.54, 1.807) is 6.92 Å². The standard InChI is InChI=1S/C22H23NO3S/c1-3-26-22(25)19-13-17-20(14-8-10-23(2)11-9-14)16-7-5-4-6-15(16)12-18(24)21(17)27-19/h4-7,13H,3,8-12H2,1-2H3. The number of thiophene rings is 1. The lowest BCUT2D eigenvalue weighted by Crippen LogP contribution is -2.27. The maximum Gasteiger partial charge on any atom is 0.348 e. The Labute approximate surface area is 163 Å². The molecule has 1 saturated heterocycles. The fraction of sp³-hybridized carbons (Fsp3) is 0.364. The van der Waals surface area contributed by atoms with Gasteiger partial charge in [-0.3, -0.25) is 4.79 Å². The van der Waals surface area contributed by atoms with Crippen LogP contribution < -0.4 is 0 Å². The van der Waals surface area contributed by atoms with Gasteiger partial charge in [0, 0.05) is 25.1 Å². The van der Waals surface area contributed by atoms with Crippen LogP contribution in [0.15, 0.2) is 35.9 Å². The fourth-order valence-electron chi connectivity index (χ4n) is 3.92. The van der Waals surface area contributed by atoms with Crippen LogP contribution >= 0.6 is 11.3 Å². The number of piperidine rings is 1. The number of ketones is 1. The van der Waals surface area contributed by atoms with E-state index in [1.807, 2.05) is 24.3 Å². The minimum atomic E-state index is -0.343. The first kappa shape index (κ1) is 18.1. The lowest BCUT2D eigenvalue weighted by molar-refractivity contribution is 0.0532. The number of carbonyl (C=O) groups is 2. The Morgan fingerprint density at radius 3 is 2.67 bits per heavy atom. The number of Topliss-reactive ketones (excluding diaryl/α,β-unsaturated/α-hetero) is 1. The van der Waals surface area contributed by atoms with E-state index < -0.39 is 0 Å². The van der Waals surface area contributed by atoms with Crippen LogP contribution in [0.5, 0.6) is 0 Å². The number of rotatable bonds is 2. The van der Waals surface area contributed by atoms with Crippen LogP contribution in [0, 0.1) is 0 Å². The Balaban J connectivity index is 1.91. The molecule has 0 radical (unpaired) electrons. The molecule has 0 atom stereocenters. The van der Waals surface area contributed by atoms with Gasteiger partial charge >= 0.3 is 5.97 Å². The van der Waals surface area contributed by atoms with Crippen LogP contribution in [-0.4, -0.2) is 43.4 Å². The van der Waals surface area contributed by atoms with Gasteiger partial charge in [-0.1, -0.05) is 29.8 Å². The second-order valence-electron chi connectivity index (χ2n) is 7.11. The number of nitrogens with zero attached hydrogens (tertiary/aromatic N) is 1. The summed E-state index contributed by atoms with van der Waals surface area (Å²) >= 11 is 1.28. The highest BCUT2D eigenvalue weighted by Crippen LogP contribution is 2.41. The molecule has 0 saturated carbocycles. The summed E-state index contributed by atoms with van der Waals surface area (Å²) in [5.41, 5.74) is 5.66. The normalized spacial score (nSPS) is 17.3. The molecule has 0 unspecified atom stereocenters. The zero-order valence-electron chi connectivity index (χ0n) is 15.7. The van der Waals surface area contributed by atoms with E-state index >= 15 is 0 Å². The van der Waals surface area contributed by atoms with Crippen molar-refractivity contribution in [1.29, 1.82) is 0 Å². The Hall–Kier alpha value is -2.24. The largest absolute Gasteiger partial charge is 0.462 e. The zero-order valence-corrected chi connectivity index (χ0v) is 16.5. The van der Waals surface area contributed by atoms with E-state index in [2.05, 4.69) is 18.0 Å². The van der Waals surface area contributed by atoms with Gasteiger partial charge in [0.1, 0.15) is 4.88 Å². The summed E-state index contributed by atoms with van der Waals surface area (Å²) in [6, 6.07) is 10.1. The number of hydrogen-bond donors (Lipinski definition) is 0. The molecular formula is C22H23NO3S. The van der Waals surface area contributed by atoms with Gasteiger partial charge in [0.2, 0.25) is 0 Å². The first-order valence-electron chi connectivity index (χ1n) is 9.41. The molecular weight excluding hydrogens is 358 g/mol. The average molecular weight is 381 g/mol. The highest BCUT2D eigenvalue weighted by atomic mass is 32.1. The fourth-order valence-corrected chi connectivity index (χ4v) is 4.92. The van der Waals surface area contributed by atoms with Crippen molar-refractivity contribution in [2.24, 2.45) is 0 Å². The molecule has 1 aromatic heterocycles. The summed E-state index contributed by atoms with van der Waals surface area (Å²) in [5.74, 6) is -0.258. The molecule has 5 heteroatoms. The number of benzene rings is 1. The molecule has 0 N–H and O–H groups in total. The molecule has 2 aliphatic rings. The summed E-state index contributed by atoms with van der Waals surface area (Å²) in [6.07, 6.45) is 2.35. The van der Waals surface area contributed by atoms with Crippen LogP contribution in [0.2, 0.25) is 0 Å². The molecule has 0 amide bonds. The van der Waals surface area contributed by atoms with Gasteiger partial charge in [0.05, 0.1) is 11.5 Å². The van der Waals surface area contributed by atoms with Crippen LogP contribution in [0.3, 0.4) is 0 Å². The minimum absolute atomic E-state index is 0.0847. The van der Waals surface area contributed by atoms with E-state index in [0.717, 1.165) is 48.2 Å². The highest BCUT2D eigenvalue weighted by Gasteiger charge is 2.30. The Bertz CT molecular complexity index is 931. The van der Waals surface area contributed by atoms with E-state index in [1.165, 1.54) is 16.9 Å². The molecule has 140 valence electrons. The van der Waals surface area contributed by atoms with Crippen molar-refractivity contribution in [2.75, 3.05) is 26.7 Å². The van der Waals surface area contributed by atoms with Crippen LogP contribution in [0.1, 0.15) is 55.8 Å². The predicted octanol–water partition coefficient (Wildman–Crippen LogP) is 4.19. The van der Waals surface area contributed by atoms with Gasteiger partial charge < -0.3 is 9.64 Å². The quantitative estimate of drug-likeness (QED) is 0.732. The number of fused-ring (bicyclic) bond motifs is 2. The first-order valence-corrected chi connectivity index (χ1v) is 10.2. The lowest BCUT2D eigenvalue weighted by atomic mass is 9.87. The number of esters is 1. The maximum atomic E-state index is 13.0. The number of ether oxygens (including phenoxy) is 1. The van der Waals surface area contributed by atoms with Crippen LogP contribution in [-0.2, 0) is 11.2 Å². The SMILES string of the molecule is CCOC(=O)c1cc2c(s1)C(=O)Cc1ccccc1C2=C1CCN(C)CC1. The Morgan fingerprint density at radius 2 is 1.93 bits per heavy atom. The summed E-state index contributed by atoms with van der Waals surface area (Å²) in [7, 11) is 2.14. The smallest absolute Gasteiger partial charge is 0.348 e. The first-order chi connectivity index (χ1) is 13.1. The second kappa shape index (κ2) is 7.41. The molecule has 4 nitrogen and oxygen atoms in total. The summed E-state index contributed by atoms with van der Waals surface area (Å²) in [6.45, 7) is 4.15. The number of carbonyl (C=O) groups excluding carboxylic acids is 2. The van der Waals surface area contributed by atoms with E-state index in [9.17, 15) is 9.59 Å². The molecule has 1 aromatic carbocycles. The predicted molar refractivity (Wildman–Crippen MR) is 108 cm³/mol. The third-order valence-electron chi connectivity index (χ3n) is 5.31. The van der Waals surface area contributed by atoms with E-state index in [4.69, 9.17) is 4.74 Å². The monoisotopic (exact) mass is 381 g/mol. The summed E-state index contributed by atoms with van der Waals surface area (Å²) in [4.78, 5) is 28.8. The molecule has 1 aliphatic heterocycles. The van der Waals surface area contributed by atoms with Crippen molar-refractivity contribution in [3.05, 3.63) is 62.3 Å². The molecule has 0 spiro atoms. The van der Waals surface area contributed by atoms with Crippen LogP contribution in [0.4, 0.5) is 0 Å². The van der Waals surface area contributed by atoms with Gasteiger partial charge in [0.25, 0.3) is 0 Å². The zero-order chi connectivity index (χ0) is 19.0. The molecule has 4 rings (SSSR count). The van der Waals surface area contributed by atoms with Crippen molar-refractivity contribution in [3.63, 3.8) is 0 Å². The third kappa shape index (κ3) is 3.37. The summed E-state index contributed by atoms with van der Waals surface area (Å²) < 4.78 is 5.17. The van der Waals surface area contributed by atoms with Gasteiger partial charge in [-0.05, 0) is 49.6 Å². The molecule has 0 bridgehead atoms. The maximum absolute atomic E-state index is 13.0. The topological polar surface area (TPSA) is 46.6 Å². The van der Waals surface area contributed by atoms with Gasteiger partial charge in [0.15, 0.2) is 5.78 Å². The molecule has 2 heterocycles. The molecule has 2 aromatic rings. The second-order valence-corrected chi connectivity index (χ2v) is 8.17. The van der Waals surface area contributed by atoms with Gasteiger partial charge in [-0.25, -0.2) is 4.79 Å². The molecule has 1 aliphatic carbocycles. The minimum Gasteiger partial charge on any atom is -0.462 e. The molecule has 1 fully saturated rings.